The number of amides is 1. The first-order valence-corrected chi connectivity index (χ1v) is 8.14. The van der Waals surface area contributed by atoms with Crippen LogP contribution in [-0.2, 0) is 9.47 Å². The number of nitrogens with one attached hydrogen (secondary N) is 1. The Balaban J connectivity index is 1.89. The molecule has 2 aliphatic rings. The second kappa shape index (κ2) is 6.97. The largest absolute Gasteiger partial charge is 0.444 e. The fourth-order valence-corrected chi connectivity index (χ4v) is 3.04. The maximum absolute atomic E-state index is 12.0. The highest BCUT2D eigenvalue weighted by Crippen LogP contribution is 2.30. The van der Waals surface area contributed by atoms with Crippen molar-refractivity contribution < 1.29 is 19.4 Å². The molecule has 1 amide bonds. The van der Waals surface area contributed by atoms with Crippen molar-refractivity contribution in [2.24, 2.45) is 5.92 Å². The summed E-state index contributed by atoms with van der Waals surface area (Å²) < 4.78 is 10.5. The monoisotopic (exact) mass is 299 g/mol. The van der Waals surface area contributed by atoms with Gasteiger partial charge in [0.1, 0.15) is 17.8 Å². The molecule has 1 aliphatic heterocycles. The third-order valence-electron chi connectivity index (χ3n) is 4.17. The standard InChI is InChI=1S/C16H29NO4/c1-16(2,3)21-15(19)17-12(14(18)13-10-20-13)9-11-7-5-4-6-8-11/h11-14,18H,4-10H2,1-3H3,(H,17,19). The highest BCUT2D eigenvalue weighted by atomic mass is 16.6. The first kappa shape index (κ1) is 16.6. The zero-order valence-electron chi connectivity index (χ0n) is 13.4. The molecule has 122 valence electrons. The summed E-state index contributed by atoms with van der Waals surface area (Å²) in [4.78, 5) is 12.0. The summed E-state index contributed by atoms with van der Waals surface area (Å²) in [6.45, 7) is 6.09. The van der Waals surface area contributed by atoms with Crippen molar-refractivity contribution in [3.63, 3.8) is 0 Å². The Morgan fingerprint density at radius 2 is 1.95 bits per heavy atom. The summed E-state index contributed by atoms with van der Waals surface area (Å²) in [5.41, 5.74) is -0.527. The highest BCUT2D eigenvalue weighted by molar-refractivity contribution is 5.68. The number of rotatable bonds is 5. The van der Waals surface area contributed by atoms with Gasteiger partial charge in [0.15, 0.2) is 0 Å². The van der Waals surface area contributed by atoms with Crippen LogP contribution in [0.3, 0.4) is 0 Å². The van der Waals surface area contributed by atoms with E-state index in [9.17, 15) is 9.90 Å². The molecule has 2 fully saturated rings. The predicted molar refractivity (Wildman–Crippen MR) is 80.1 cm³/mol. The maximum Gasteiger partial charge on any atom is 0.407 e. The first-order chi connectivity index (χ1) is 9.85. The molecule has 1 saturated carbocycles. The van der Waals surface area contributed by atoms with Gasteiger partial charge < -0.3 is 19.9 Å². The van der Waals surface area contributed by atoms with Gasteiger partial charge in [0.05, 0.1) is 12.6 Å². The van der Waals surface area contributed by atoms with E-state index in [1.807, 2.05) is 20.8 Å². The Labute approximate surface area is 127 Å². The minimum Gasteiger partial charge on any atom is -0.444 e. The molecule has 0 spiro atoms. The van der Waals surface area contributed by atoms with Crippen LogP contribution >= 0.6 is 0 Å². The molecular weight excluding hydrogens is 270 g/mol. The molecular formula is C16H29NO4. The van der Waals surface area contributed by atoms with E-state index < -0.39 is 17.8 Å². The van der Waals surface area contributed by atoms with E-state index in [4.69, 9.17) is 9.47 Å². The van der Waals surface area contributed by atoms with Crippen molar-refractivity contribution in [3.05, 3.63) is 0 Å². The Kier molecular flexibility index (Phi) is 5.49. The van der Waals surface area contributed by atoms with Crippen LogP contribution in [-0.4, -0.2) is 41.7 Å². The smallest absolute Gasteiger partial charge is 0.407 e. The van der Waals surface area contributed by atoms with Crippen molar-refractivity contribution >= 4 is 6.09 Å². The molecule has 1 aliphatic carbocycles. The van der Waals surface area contributed by atoms with Crippen molar-refractivity contribution in [1.29, 1.82) is 0 Å². The summed E-state index contributed by atoms with van der Waals surface area (Å²) in [6, 6.07) is -0.282. The molecule has 3 unspecified atom stereocenters. The third-order valence-corrected chi connectivity index (χ3v) is 4.17. The molecule has 1 saturated heterocycles. The van der Waals surface area contributed by atoms with Gasteiger partial charge in [0.25, 0.3) is 0 Å². The lowest BCUT2D eigenvalue weighted by molar-refractivity contribution is 0.0347. The van der Waals surface area contributed by atoms with Gasteiger partial charge in [-0.05, 0) is 33.1 Å². The number of alkyl carbamates (subject to hydrolysis) is 1. The Morgan fingerprint density at radius 3 is 2.48 bits per heavy atom. The SMILES string of the molecule is CC(C)(C)OC(=O)NC(CC1CCCCC1)C(O)C1CO1. The average Bonchev–Trinajstić information content (AvgIpc) is 3.20. The van der Waals surface area contributed by atoms with E-state index in [1.165, 1.54) is 32.1 Å². The van der Waals surface area contributed by atoms with Gasteiger partial charge in [0, 0.05) is 0 Å². The lowest BCUT2D eigenvalue weighted by Crippen LogP contribution is -2.48. The van der Waals surface area contributed by atoms with Gasteiger partial charge in [-0.15, -0.1) is 0 Å². The molecule has 3 atom stereocenters. The Morgan fingerprint density at radius 1 is 1.33 bits per heavy atom. The average molecular weight is 299 g/mol. The second-order valence-corrected chi connectivity index (χ2v) is 7.35. The number of hydrogen-bond donors (Lipinski definition) is 2. The van der Waals surface area contributed by atoms with Gasteiger partial charge in [-0.2, -0.15) is 0 Å². The predicted octanol–water partition coefficient (Wildman–Crippen LogP) is 2.61. The van der Waals surface area contributed by atoms with Crippen LogP contribution in [0.5, 0.6) is 0 Å². The van der Waals surface area contributed by atoms with E-state index in [1.54, 1.807) is 0 Å². The van der Waals surface area contributed by atoms with E-state index in [0.717, 1.165) is 6.42 Å². The van der Waals surface area contributed by atoms with Gasteiger partial charge in [-0.25, -0.2) is 4.79 Å². The minimum absolute atomic E-state index is 0.131. The van der Waals surface area contributed by atoms with Gasteiger partial charge in [-0.1, -0.05) is 32.1 Å². The number of carbonyl (C=O) groups excluding carboxylic acids is 1. The van der Waals surface area contributed by atoms with Gasteiger partial charge >= 0.3 is 6.09 Å². The molecule has 0 bridgehead atoms. The fraction of sp³-hybridized carbons (Fsp3) is 0.938. The third kappa shape index (κ3) is 5.83. The van der Waals surface area contributed by atoms with E-state index in [-0.39, 0.29) is 12.1 Å². The molecule has 21 heavy (non-hydrogen) atoms. The van der Waals surface area contributed by atoms with Crippen LogP contribution in [0.4, 0.5) is 4.79 Å². The van der Waals surface area contributed by atoms with Crippen LogP contribution in [0.15, 0.2) is 0 Å². The summed E-state index contributed by atoms with van der Waals surface area (Å²) in [5.74, 6) is 0.576. The lowest BCUT2D eigenvalue weighted by atomic mass is 9.83. The highest BCUT2D eigenvalue weighted by Gasteiger charge is 2.39. The van der Waals surface area contributed by atoms with Crippen LogP contribution in [0.2, 0.25) is 0 Å². The van der Waals surface area contributed by atoms with Crippen molar-refractivity contribution in [2.75, 3.05) is 6.61 Å². The number of hydrogen-bond acceptors (Lipinski definition) is 4. The molecule has 0 aromatic heterocycles. The molecule has 5 nitrogen and oxygen atoms in total. The first-order valence-electron chi connectivity index (χ1n) is 8.14. The zero-order chi connectivity index (χ0) is 15.5. The van der Waals surface area contributed by atoms with Crippen LogP contribution in [0, 0.1) is 5.92 Å². The maximum atomic E-state index is 12.0. The topological polar surface area (TPSA) is 71.1 Å². The molecule has 1 heterocycles. The second-order valence-electron chi connectivity index (χ2n) is 7.35. The molecule has 2 N–H and O–H groups in total. The van der Waals surface area contributed by atoms with Gasteiger partial charge in [-0.3, -0.25) is 0 Å². The Bertz CT molecular complexity index is 343. The van der Waals surface area contributed by atoms with Crippen molar-refractivity contribution in [1.82, 2.24) is 5.32 Å². The molecule has 5 heteroatoms. The van der Waals surface area contributed by atoms with Crippen molar-refractivity contribution in [3.8, 4) is 0 Å². The summed E-state index contributed by atoms with van der Waals surface area (Å²) in [5, 5.41) is 13.2. The van der Waals surface area contributed by atoms with Crippen LogP contribution < -0.4 is 5.32 Å². The normalized spacial score (nSPS) is 26.0. The molecule has 0 aromatic rings. The van der Waals surface area contributed by atoms with Crippen LogP contribution in [0.1, 0.15) is 59.3 Å². The Hall–Kier alpha value is -0.810. The number of ether oxygens (including phenoxy) is 2. The molecule has 0 radical (unpaired) electrons. The number of aliphatic hydroxyl groups is 1. The number of aliphatic hydroxyl groups excluding tert-OH is 1. The lowest BCUT2D eigenvalue weighted by Gasteiger charge is -2.30. The summed E-state index contributed by atoms with van der Waals surface area (Å²) >= 11 is 0. The van der Waals surface area contributed by atoms with E-state index in [0.29, 0.717) is 12.5 Å². The molecule has 0 aromatic carbocycles. The minimum atomic E-state index is -0.639. The van der Waals surface area contributed by atoms with E-state index >= 15 is 0 Å². The fourth-order valence-electron chi connectivity index (χ4n) is 3.04. The quantitative estimate of drug-likeness (QED) is 0.766. The number of epoxide rings is 1. The molecule has 2 rings (SSSR count). The van der Waals surface area contributed by atoms with Gasteiger partial charge in [0.2, 0.25) is 0 Å². The zero-order valence-corrected chi connectivity index (χ0v) is 13.4. The van der Waals surface area contributed by atoms with Crippen molar-refractivity contribution in [2.45, 2.75) is 83.1 Å². The summed E-state index contributed by atoms with van der Waals surface area (Å²) in [7, 11) is 0. The number of carbonyl (C=O) groups is 1. The van der Waals surface area contributed by atoms with E-state index in [2.05, 4.69) is 5.32 Å². The summed E-state index contributed by atoms with van der Waals surface area (Å²) in [6.07, 6.45) is 5.75. The van der Waals surface area contributed by atoms with Crippen LogP contribution in [0.25, 0.3) is 0 Å².